The molecule has 1 aromatic carbocycles. The predicted octanol–water partition coefficient (Wildman–Crippen LogP) is 2.89. The van der Waals surface area contributed by atoms with Gasteiger partial charge in [0.1, 0.15) is 5.56 Å². The zero-order chi connectivity index (χ0) is 23.4. The number of aryl methyl sites for hydroxylation is 1. The average molecular weight is 438 g/mol. The molecule has 2 aliphatic rings. The first kappa shape index (κ1) is 22.2. The van der Waals surface area contributed by atoms with Crippen molar-refractivity contribution in [2.75, 3.05) is 30.8 Å². The number of benzene rings is 1. The van der Waals surface area contributed by atoms with Crippen molar-refractivity contribution in [1.82, 2.24) is 9.88 Å². The van der Waals surface area contributed by atoms with Gasteiger partial charge >= 0.3 is 5.97 Å². The molecule has 1 aromatic heterocycles. The van der Waals surface area contributed by atoms with Crippen molar-refractivity contribution in [1.29, 1.82) is 5.26 Å². The molecular formula is C24H31N5O3. The zero-order valence-corrected chi connectivity index (χ0v) is 19.1. The van der Waals surface area contributed by atoms with Crippen LogP contribution >= 0.6 is 0 Å². The summed E-state index contributed by atoms with van der Waals surface area (Å²) >= 11 is 0. The summed E-state index contributed by atoms with van der Waals surface area (Å²) in [5.74, 6) is -0.931. The quantitative estimate of drug-likeness (QED) is 0.594. The van der Waals surface area contributed by atoms with Gasteiger partial charge in [0.05, 0.1) is 22.4 Å². The fourth-order valence-electron chi connectivity index (χ4n) is 5.39. The van der Waals surface area contributed by atoms with Crippen molar-refractivity contribution in [2.24, 2.45) is 11.3 Å². The second-order valence-corrected chi connectivity index (χ2v) is 9.74. The van der Waals surface area contributed by atoms with Gasteiger partial charge in [-0.25, -0.2) is 4.79 Å². The Hall–Kier alpha value is -3.05. The molecule has 2 fully saturated rings. The van der Waals surface area contributed by atoms with Crippen LogP contribution in [0.2, 0.25) is 0 Å². The molecule has 4 N–H and O–H groups in total. The van der Waals surface area contributed by atoms with Gasteiger partial charge in [-0.3, -0.25) is 4.79 Å². The van der Waals surface area contributed by atoms with Crippen molar-refractivity contribution in [3.63, 3.8) is 0 Å². The van der Waals surface area contributed by atoms with Gasteiger partial charge in [-0.2, -0.15) is 5.26 Å². The Morgan fingerprint density at radius 1 is 1.38 bits per heavy atom. The van der Waals surface area contributed by atoms with E-state index in [1.54, 1.807) is 0 Å². The van der Waals surface area contributed by atoms with Crippen LogP contribution in [0.4, 0.5) is 11.4 Å². The van der Waals surface area contributed by atoms with Crippen molar-refractivity contribution < 1.29 is 9.90 Å². The van der Waals surface area contributed by atoms with Gasteiger partial charge in [-0.1, -0.05) is 0 Å². The molecule has 32 heavy (non-hydrogen) atoms. The smallest absolute Gasteiger partial charge is 0.341 e. The van der Waals surface area contributed by atoms with E-state index in [1.165, 1.54) is 6.20 Å². The molecule has 2 unspecified atom stereocenters. The van der Waals surface area contributed by atoms with E-state index >= 15 is 0 Å². The summed E-state index contributed by atoms with van der Waals surface area (Å²) in [7, 11) is 1.90. The molecule has 1 aliphatic heterocycles. The standard InChI is InChI=1S/C24H31N5O3/c1-13-18(28-8-7-14(10-28)22(27-4)24(2,3)12-25)9-17(26)19-20(13)29(15-5-6-15)11-16(21(19)30)23(31)32/h9,11,14-15,22,27H,5-8,10,26H2,1-4H3,(H,31,32). The molecule has 0 amide bonds. The molecule has 1 saturated heterocycles. The van der Waals surface area contributed by atoms with Crippen molar-refractivity contribution >= 4 is 28.2 Å². The Kier molecular flexibility index (Phi) is 5.41. The Morgan fingerprint density at radius 2 is 2.06 bits per heavy atom. The number of aromatic nitrogens is 1. The van der Waals surface area contributed by atoms with Crippen LogP contribution in [0.3, 0.4) is 0 Å². The maximum Gasteiger partial charge on any atom is 0.341 e. The average Bonchev–Trinajstić information content (AvgIpc) is 3.48. The van der Waals surface area contributed by atoms with E-state index in [0.29, 0.717) is 17.0 Å². The number of nitrogens with two attached hydrogens (primary N) is 1. The lowest BCUT2D eigenvalue weighted by molar-refractivity contribution is 0.0695. The largest absolute Gasteiger partial charge is 0.477 e. The molecule has 0 radical (unpaired) electrons. The summed E-state index contributed by atoms with van der Waals surface area (Å²) in [5.41, 5.74) is 8.09. The molecule has 1 aliphatic carbocycles. The van der Waals surface area contributed by atoms with E-state index in [4.69, 9.17) is 5.73 Å². The van der Waals surface area contributed by atoms with Gasteiger partial charge in [0.25, 0.3) is 0 Å². The number of hydrogen-bond donors (Lipinski definition) is 3. The second kappa shape index (κ2) is 7.82. The van der Waals surface area contributed by atoms with E-state index in [0.717, 1.165) is 49.1 Å². The van der Waals surface area contributed by atoms with Gasteiger partial charge < -0.3 is 25.6 Å². The van der Waals surface area contributed by atoms with Crippen molar-refractivity contribution in [3.05, 3.63) is 33.6 Å². The maximum atomic E-state index is 13.0. The lowest BCUT2D eigenvalue weighted by Crippen LogP contribution is -2.46. The summed E-state index contributed by atoms with van der Waals surface area (Å²) in [6, 6.07) is 4.49. The molecule has 2 heterocycles. The van der Waals surface area contributed by atoms with E-state index < -0.39 is 16.8 Å². The minimum atomic E-state index is -1.23. The Morgan fingerprint density at radius 3 is 2.62 bits per heavy atom. The molecule has 4 rings (SSSR count). The third-order valence-electron chi connectivity index (χ3n) is 7.14. The maximum absolute atomic E-state index is 13.0. The highest BCUT2D eigenvalue weighted by molar-refractivity contribution is 6.01. The van der Waals surface area contributed by atoms with Gasteiger partial charge in [0, 0.05) is 42.7 Å². The third-order valence-corrected chi connectivity index (χ3v) is 7.14. The fraction of sp³-hybridized carbons (Fsp3) is 0.542. The van der Waals surface area contributed by atoms with Gasteiger partial charge in [-0.05, 0) is 64.6 Å². The van der Waals surface area contributed by atoms with Crippen molar-refractivity contribution in [2.45, 2.75) is 52.1 Å². The number of anilines is 2. The Labute approximate surface area is 187 Å². The minimum Gasteiger partial charge on any atom is -0.477 e. The summed E-state index contributed by atoms with van der Waals surface area (Å²) in [5, 5.41) is 22.8. The highest BCUT2D eigenvalue weighted by atomic mass is 16.4. The molecule has 2 atom stereocenters. The third kappa shape index (κ3) is 3.51. The Balaban J connectivity index is 1.81. The number of nitrogen functional groups attached to an aromatic ring is 1. The molecular weight excluding hydrogens is 406 g/mol. The second-order valence-electron chi connectivity index (χ2n) is 9.74. The zero-order valence-electron chi connectivity index (χ0n) is 19.1. The number of aromatic carboxylic acids is 1. The van der Waals surface area contributed by atoms with Crippen LogP contribution in [0.1, 0.15) is 55.1 Å². The number of pyridine rings is 1. The SMILES string of the molecule is CNC(C1CCN(c2cc(N)c3c(=O)c(C(=O)O)cn(C4CC4)c3c2C)C1)C(C)(C)C#N. The van der Waals surface area contributed by atoms with Crippen LogP contribution in [0, 0.1) is 29.6 Å². The topological polar surface area (TPSA) is 124 Å². The summed E-state index contributed by atoms with van der Waals surface area (Å²) in [6.45, 7) is 7.52. The van der Waals surface area contributed by atoms with Gasteiger partial charge in [0.15, 0.2) is 0 Å². The molecule has 1 saturated carbocycles. The van der Waals surface area contributed by atoms with Crippen LogP contribution in [0.5, 0.6) is 0 Å². The Bertz CT molecular complexity index is 1190. The van der Waals surface area contributed by atoms with Crippen LogP contribution in [0.25, 0.3) is 10.9 Å². The van der Waals surface area contributed by atoms with E-state index in [1.807, 2.05) is 38.5 Å². The first-order valence-corrected chi connectivity index (χ1v) is 11.1. The molecule has 2 aromatic rings. The summed E-state index contributed by atoms with van der Waals surface area (Å²) in [6.07, 6.45) is 4.35. The van der Waals surface area contributed by atoms with Gasteiger partial charge in [-0.15, -0.1) is 0 Å². The molecule has 8 nitrogen and oxygen atoms in total. The number of carboxylic acid groups (broad SMARTS) is 1. The van der Waals surface area contributed by atoms with Crippen LogP contribution in [-0.4, -0.2) is 41.8 Å². The number of nitrogens with one attached hydrogen (secondary N) is 1. The first-order valence-electron chi connectivity index (χ1n) is 11.1. The van der Waals surface area contributed by atoms with Gasteiger partial charge in [0.2, 0.25) is 5.43 Å². The predicted molar refractivity (Wildman–Crippen MR) is 125 cm³/mol. The number of hydrogen-bond acceptors (Lipinski definition) is 6. The van der Waals surface area contributed by atoms with E-state index in [-0.39, 0.29) is 17.6 Å². The summed E-state index contributed by atoms with van der Waals surface area (Å²) < 4.78 is 1.94. The number of nitriles is 1. The highest BCUT2D eigenvalue weighted by Gasteiger charge is 2.39. The molecule has 0 spiro atoms. The monoisotopic (exact) mass is 437 g/mol. The van der Waals surface area contributed by atoms with Crippen LogP contribution in [0.15, 0.2) is 17.1 Å². The highest BCUT2D eigenvalue weighted by Crippen LogP contribution is 2.42. The molecule has 0 bridgehead atoms. The molecule has 8 heteroatoms. The van der Waals surface area contributed by atoms with Crippen LogP contribution < -0.4 is 21.4 Å². The number of fused-ring (bicyclic) bond motifs is 1. The van der Waals surface area contributed by atoms with Crippen molar-refractivity contribution in [3.8, 4) is 6.07 Å². The minimum absolute atomic E-state index is 0.0541. The first-order chi connectivity index (χ1) is 15.1. The number of carboxylic acids is 1. The van der Waals surface area contributed by atoms with Crippen LogP contribution in [-0.2, 0) is 0 Å². The van der Waals surface area contributed by atoms with E-state index in [2.05, 4.69) is 16.3 Å². The number of nitrogens with zero attached hydrogens (tertiary/aromatic N) is 3. The number of rotatable bonds is 6. The molecule has 170 valence electrons. The summed E-state index contributed by atoms with van der Waals surface area (Å²) in [4.78, 5) is 26.9. The normalized spacial score (nSPS) is 19.8. The lowest BCUT2D eigenvalue weighted by Gasteiger charge is -2.33. The fourth-order valence-corrected chi connectivity index (χ4v) is 5.39. The number of carbonyl (C=O) groups is 1. The van der Waals surface area contributed by atoms with E-state index in [9.17, 15) is 20.0 Å². The lowest BCUT2D eigenvalue weighted by atomic mass is 9.78.